The third-order valence-corrected chi connectivity index (χ3v) is 38.0. The zero-order chi connectivity index (χ0) is 105. The van der Waals surface area contributed by atoms with Gasteiger partial charge in [0.2, 0.25) is 0 Å². The van der Waals surface area contributed by atoms with E-state index < -0.39 is 32.3 Å². The first-order chi connectivity index (χ1) is 65.7. The minimum absolute atomic E-state index is 0.153. The van der Waals surface area contributed by atoms with Gasteiger partial charge < -0.3 is 56.8 Å². The second-order valence-electron chi connectivity index (χ2n) is 42.6. The van der Waals surface area contributed by atoms with Crippen LogP contribution in [0.3, 0.4) is 0 Å². The van der Waals surface area contributed by atoms with E-state index in [1.807, 2.05) is 42.5 Å². The van der Waals surface area contributed by atoms with Crippen LogP contribution in [0, 0.1) is 41.4 Å². The Morgan fingerprint density at radius 1 is 0.275 bits per heavy atom. The van der Waals surface area contributed by atoms with Crippen LogP contribution < -0.4 is 15.6 Å². The van der Waals surface area contributed by atoms with Crippen molar-refractivity contribution in [3.05, 3.63) is 203 Å². The standard InChI is InChI=1S/C14H28Si.C14H16Si.C9H20Si.C9H14Si.C8H16.C8H10.6C5H10O2.6C5H10/c2*1-15(2,13-9-5-3-6-10-13)14-11-7-4-8-12-14;2*1-10(2,3)9-7-5-4-6-8-9;2*1-2-8-6-4-3-5-7-8;6*1-2-3-6-5-4-7-5;6*1-4-5(2)3/h13-14H,3-12H2,1-2H3;3-12H,1-2H3;9H,4-8H2,1-3H3;4-8H,1-3H3;8H,2-7H2,1H3;3-7H,2H2,1H3;6*5H,2-4H2,1H3;6*4-5H,1H2,2-3H3. The molecule has 4 aromatic rings. The van der Waals surface area contributed by atoms with Gasteiger partial charge in [-0.05, 0) is 109 Å². The summed E-state index contributed by atoms with van der Waals surface area (Å²) in [5, 5.41) is 4.53. The van der Waals surface area contributed by atoms with E-state index in [2.05, 4.69) is 359 Å². The number of epoxide rings is 6. The molecule has 0 spiro atoms. The molecule has 0 aromatic heterocycles. The summed E-state index contributed by atoms with van der Waals surface area (Å²) < 4.78 is 59.2. The third kappa shape index (κ3) is 95.2. The summed E-state index contributed by atoms with van der Waals surface area (Å²) in [5.74, 6) is 4.98. The summed E-state index contributed by atoms with van der Waals surface area (Å²) in [6.45, 7) is 98.3. The van der Waals surface area contributed by atoms with Crippen LogP contribution in [0.2, 0.25) is 82.1 Å². The molecule has 0 amide bonds. The monoisotopic (exact) mass is 1990 g/mol. The molecule has 800 valence electrons. The maximum Gasteiger partial charge on any atom is 0.181 e. The lowest BCUT2D eigenvalue weighted by Gasteiger charge is -2.43. The summed E-state index contributed by atoms with van der Waals surface area (Å²) in [7, 11) is -4.15. The lowest BCUT2D eigenvalue weighted by atomic mass is 9.88. The molecular weight excluding hydrogens is 1770 g/mol. The summed E-state index contributed by atoms with van der Waals surface area (Å²) in [6, 6.07) is 42.9. The molecule has 12 nitrogen and oxygen atoms in total. The molecule has 4 saturated carbocycles. The first kappa shape index (κ1) is 140. The predicted molar refractivity (Wildman–Crippen MR) is 619 cm³/mol. The van der Waals surface area contributed by atoms with E-state index in [-0.39, 0.29) is 37.7 Å². The zero-order valence-corrected chi connectivity index (χ0v) is 99.7. The number of aryl methyl sites for hydroxylation is 1. The van der Waals surface area contributed by atoms with Crippen LogP contribution in [0.5, 0.6) is 0 Å². The normalized spacial score (nSPS) is 18.9. The van der Waals surface area contributed by atoms with Crippen molar-refractivity contribution in [2.75, 3.05) is 79.3 Å². The van der Waals surface area contributed by atoms with Crippen molar-refractivity contribution in [2.45, 2.75) is 438 Å². The number of benzene rings is 4. The molecule has 6 unspecified atom stereocenters. The maximum atomic E-state index is 5.08. The molecule has 0 radical (unpaired) electrons. The number of hydrogen-bond acceptors (Lipinski definition) is 12. The minimum Gasteiger partial charge on any atom is -0.350 e. The molecule has 4 aliphatic carbocycles. The quantitative estimate of drug-likeness (QED) is 0.0262. The summed E-state index contributed by atoms with van der Waals surface area (Å²) in [5.41, 5.74) is 4.90. The molecule has 0 N–H and O–H groups in total. The fourth-order valence-electron chi connectivity index (χ4n) is 13.4. The van der Waals surface area contributed by atoms with Crippen LogP contribution in [0.4, 0.5) is 0 Å². The van der Waals surface area contributed by atoms with Gasteiger partial charge in [-0.3, -0.25) is 0 Å². The summed E-state index contributed by atoms with van der Waals surface area (Å²) in [4.78, 5) is 0. The molecule has 0 bridgehead atoms. The molecule has 14 rings (SSSR count). The summed E-state index contributed by atoms with van der Waals surface area (Å²) in [6.07, 6.45) is 52.1. The first-order valence-corrected chi connectivity index (χ1v) is 68.3. The summed E-state index contributed by atoms with van der Waals surface area (Å²) >= 11 is 0. The van der Waals surface area contributed by atoms with Crippen LogP contribution in [-0.2, 0) is 63.3 Å². The Hall–Kier alpha value is -4.29. The molecule has 6 aliphatic heterocycles. The van der Waals surface area contributed by atoms with Crippen molar-refractivity contribution >= 4 is 47.9 Å². The van der Waals surface area contributed by atoms with Crippen molar-refractivity contribution < 1.29 is 56.8 Å². The van der Waals surface area contributed by atoms with E-state index in [1.165, 1.54) is 141 Å². The van der Waals surface area contributed by atoms with Gasteiger partial charge in [-0.1, -0.05) is 512 Å². The van der Waals surface area contributed by atoms with E-state index in [0.717, 1.165) is 136 Å². The molecule has 10 fully saturated rings. The van der Waals surface area contributed by atoms with E-state index in [4.69, 9.17) is 56.8 Å². The molecule has 6 heterocycles. The van der Waals surface area contributed by atoms with Crippen LogP contribution in [0.25, 0.3) is 0 Å². The fourth-order valence-corrected chi connectivity index (χ4v) is 23.6. The van der Waals surface area contributed by atoms with Crippen molar-refractivity contribution in [1.29, 1.82) is 0 Å². The Morgan fingerprint density at radius 3 is 0.601 bits per heavy atom. The van der Waals surface area contributed by atoms with Crippen LogP contribution in [-0.4, -0.2) is 149 Å². The molecule has 16 heteroatoms. The Bertz CT molecular complexity index is 2960. The molecular formula is C122H224O12Si4. The molecule has 4 aromatic carbocycles. The minimum atomic E-state index is -1.46. The van der Waals surface area contributed by atoms with E-state index >= 15 is 0 Å². The third-order valence-electron chi connectivity index (χ3n) is 24.0. The Labute approximate surface area is 860 Å². The Kier molecular flexibility index (Phi) is 93.9. The highest BCUT2D eigenvalue weighted by molar-refractivity contribution is 7.00. The van der Waals surface area contributed by atoms with Gasteiger partial charge in [0.25, 0.3) is 0 Å². The number of allylic oxidation sites excluding steroid dienone is 6. The first-order valence-electron chi connectivity index (χ1n) is 55.1. The van der Waals surface area contributed by atoms with Crippen LogP contribution in [0.15, 0.2) is 197 Å². The van der Waals surface area contributed by atoms with Gasteiger partial charge in [0.1, 0.15) is 47.7 Å². The lowest BCUT2D eigenvalue weighted by molar-refractivity contribution is 0.0505. The number of hydrogen-bond donors (Lipinski definition) is 0. The highest BCUT2D eigenvalue weighted by atomic mass is 28.3. The van der Waals surface area contributed by atoms with Gasteiger partial charge in [-0.15, -0.1) is 39.5 Å². The molecule has 10 aliphatic rings. The van der Waals surface area contributed by atoms with Gasteiger partial charge in [0.15, 0.2) is 37.7 Å². The van der Waals surface area contributed by atoms with Crippen LogP contribution >= 0.6 is 0 Å². The molecule has 6 saturated heterocycles. The maximum absolute atomic E-state index is 5.08. The number of ether oxygens (including phenoxy) is 12. The Morgan fingerprint density at radius 2 is 0.464 bits per heavy atom. The van der Waals surface area contributed by atoms with Crippen molar-refractivity contribution in [2.24, 2.45) is 41.4 Å². The largest absolute Gasteiger partial charge is 0.350 e. The second kappa shape index (κ2) is 92.6. The zero-order valence-electron chi connectivity index (χ0n) is 95.7. The van der Waals surface area contributed by atoms with Gasteiger partial charge in [-0.25, -0.2) is 0 Å². The van der Waals surface area contributed by atoms with Gasteiger partial charge in [0.05, 0.1) is 16.1 Å². The smallest absolute Gasteiger partial charge is 0.181 e. The van der Waals surface area contributed by atoms with E-state index in [9.17, 15) is 0 Å². The fraction of sp³-hybridized carbons (Fsp3) is 0.705. The molecule has 6 atom stereocenters. The van der Waals surface area contributed by atoms with Crippen molar-refractivity contribution in [1.82, 2.24) is 0 Å². The number of rotatable bonds is 32. The van der Waals surface area contributed by atoms with Crippen molar-refractivity contribution in [3.63, 3.8) is 0 Å². The highest BCUT2D eigenvalue weighted by Gasteiger charge is 2.40. The Balaban J connectivity index is -0.000000697. The average molecular weight is 2000 g/mol. The molecule has 138 heavy (non-hydrogen) atoms. The van der Waals surface area contributed by atoms with Gasteiger partial charge >= 0.3 is 0 Å². The topological polar surface area (TPSA) is 131 Å². The predicted octanol–water partition coefficient (Wildman–Crippen LogP) is 34.6. The van der Waals surface area contributed by atoms with Crippen molar-refractivity contribution in [3.8, 4) is 0 Å². The van der Waals surface area contributed by atoms with Gasteiger partial charge in [0, 0.05) is 47.7 Å². The average Bonchev–Trinajstić information content (AvgIpc) is 1.06. The van der Waals surface area contributed by atoms with E-state index in [0.29, 0.717) is 35.5 Å². The van der Waals surface area contributed by atoms with E-state index in [1.54, 1.807) is 25.7 Å². The second-order valence-corrected chi connectivity index (χ2v) is 62.9. The SMILES string of the molecule is C=CC(C)C.C=CC(C)C.C=CC(C)C.C=CC(C)C.C=CC(C)C.C=CC(C)C.CCC1CCCCC1.CCCOC1CO1.CCCOC1CO1.CCCOC1CO1.CCCOC1CO1.CCCOC1CO1.CCCOC1CO1.CCc1ccccc1.C[Si](C)(C)C1CCCCC1.C[Si](C)(C)c1ccccc1.C[Si](C)(C1CCCCC1)C1CCCCC1.C[Si](C)(c1ccccc1)c1ccccc1. The van der Waals surface area contributed by atoms with Gasteiger partial charge in [-0.2, -0.15) is 0 Å². The lowest BCUT2D eigenvalue weighted by Crippen LogP contribution is -2.52. The highest BCUT2D eigenvalue weighted by Crippen LogP contribution is 2.48. The van der Waals surface area contributed by atoms with Crippen LogP contribution in [0.1, 0.15) is 317 Å².